The van der Waals surface area contributed by atoms with Gasteiger partial charge in [-0.2, -0.15) is 0 Å². The Morgan fingerprint density at radius 3 is 2.87 bits per heavy atom. The monoisotopic (exact) mass is 213 g/mol. The van der Waals surface area contributed by atoms with Gasteiger partial charge in [-0.05, 0) is 32.2 Å². The van der Waals surface area contributed by atoms with Crippen molar-refractivity contribution in [3.05, 3.63) is 0 Å². The maximum absolute atomic E-state index is 10.8. The molecule has 0 bridgehead atoms. The number of rotatable bonds is 4. The van der Waals surface area contributed by atoms with E-state index in [4.69, 9.17) is 9.84 Å². The van der Waals surface area contributed by atoms with Crippen LogP contribution in [0, 0.1) is 0 Å². The molecule has 1 aliphatic heterocycles. The van der Waals surface area contributed by atoms with Crippen LogP contribution in [0.1, 0.15) is 32.1 Å². The number of aliphatic carboxylic acids is 1. The van der Waals surface area contributed by atoms with Crippen LogP contribution in [0.3, 0.4) is 0 Å². The Hall–Kier alpha value is -0.610. The number of hydrogen-bond acceptors (Lipinski definition) is 3. The molecule has 0 amide bonds. The highest BCUT2D eigenvalue weighted by molar-refractivity contribution is 5.68. The van der Waals surface area contributed by atoms with E-state index in [1.165, 1.54) is 12.8 Å². The molecule has 2 aliphatic rings. The van der Waals surface area contributed by atoms with E-state index in [0.717, 1.165) is 25.9 Å². The lowest BCUT2D eigenvalue weighted by molar-refractivity contribution is -0.148. The van der Waals surface area contributed by atoms with Gasteiger partial charge in [-0.3, -0.25) is 9.69 Å². The molecule has 2 rings (SSSR count). The lowest BCUT2D eigenvalue weighted by Crippen LogP contribution is -2.51. The Kier molecular flexibility index (Phi) is 2.98. The van der Waals surface area contributed by atoms with Gasteiger partial charge in [-0.1, -0.05) is 0 Å². The lowest BCUT2D eigenvalue weighted by Gasteiger charge is -2.41. The first-order valence-electron chi connectivity index (χ1n) is 5.66. The summed E-state index contributed by atoms with van der Waals surface area (Å²) in [6.07, 6.45) is 4.60. The average Bonchev–Trinajstić information content (AvgIpc) is 3.00. The molecule has 1 unspecified atom stereocenters. The molecule has 1 aliphatic carbocycles. The third-order valence-electron chi connectivity index (χ3n) is 3.54. The number of carbonyl (C=O) groups is 1. The van der Waals surface area contributed by atoms with Crippen LogP contribution < -0.4 is 0 Å². The van der Waals surface area contributed by atoms with Crippen molar-refractivity contribution in [2.75, 3.05) is 20.2 Å². The van der Waals surface area contributed by atoms with Gasteiger partial charge in [0.15, 0.2) is 0 Å². The van der Waals surface area contributed by atoms with Crippen LogP contribution in [0.4, 0.5) is 0 Å². The molecule has 1 N–H and O–H groups in total. The Morgan fingerprint density at radius 1 is 1.60 bits per heavy atom. The summed E-state index contributed by atoms with van der Waals surface area (Å²) in [6.45, 7) is 1.90. The second-order valence-corrected chi connectivity index (χ2v) is 4.76. The Bertz CT molecular complexity index is 252. The van der Waals surface area contributed by atoms with Crippen molar-refractivity contribution < 1.29 is 14.6 Å². The molecule has 1 saturated heterocycles. The molecule has 1 atom stereocenters. The fraction of sp³-hybridized carbons (Fsp3) is 0.909. The number of nitrogens with zero attached hydrogens (tertiary/aromatic N) is 1. The van der Waals surface area contributed by atoms with E-state index in [1.807, 2.05) is 0 Å². The van der Waals surface area contributed by atoms with Crippen LogP contribution >= 0.6 is 0 Å². The highest BCUT2D eigenvalue weighted by Crippen LogP contribution is 2.35. The minimum absolute atomic E-state index is 0.132. The first kappa shape index (κ1) is 10.9. The molecule has 0 aromatic rings. The third-order valence-corrected chi connectivity index (χ3v) is 3.54. The van der Waals surface area contributed by atoms with E-state index in [1.54, 1.807) is 7.11 Å². The number of carboxylic acid groups (broad SMARTS) is 1. The molecule has 0 radical (unpaired) electrons. The van der Waals surface area contributed by atoms with Crippen molar-refractivity contribution in [3.8, 4) is 0 Å². The summed E-state index contributed by atoms with van der Waals surface area (Å²) in [5, 5.41) is 8.90. The second-order valence-electron chi connectivity index (χ2n) is 4.76. The molecule has 86 valence electrons. The van der Waals surface area contributed by atoms with E-state index in [0.29, 0.717) is 6.04 Å². The smallest absolute Gasteiger partial charge is 0.306 e. The zero-order valence-corrected chi connectivity index (χ0v) is 9.24. The minimum atomic E-state index is -0.755. The number of ether oxygens (including phenoxy) is 1. The molecule has 0 aromatic heterocycles. The quantitative estimate of drug-likeness (QED) is 0.760. The topological polar surface area (TPSA) is 49.8 Å². The molecule has 4 heteroatoms. The number of carboxylic acids is 1. The summed E-state index contributed by atoms with van der Waals surface area (Å²) in [7, 11) is 1.64. The average molecular weight is 213 g/mol. The number of piperidine rings is 1. The van der Waals surface area contributed by atoms with Gasteiger partial charge in [0.25, 0.3) is 0 Å². The maximum atomic E-state index is 10.8. The predicted octanol–water partition coefficient (Wildman–Crippen LogP) is 1.10. The van der Waals surface area contributed by atoms with E-state index in [-0.39, 0.29) is 6.42 Å². The second kappa shape index (κ2) is 4.10. The zero-order chi connectivity index (χ0) is 10.9. The van der Waals surface area contributed by atoms with Crippen molar-refractivity contribution in [1.82, 2.24) is 4.90 Å². The van der Waals surface area contributed by atoms with E-state index in [9.17, 15) is 4.79 Å². The van der Waals surface area contributed by atoms with E-state index < -0.39 is 11.6 Å². The molecular formula is C11H19NO3. The third kappa shape index (κ3) is 2.49. The van der Waals surface area contributed by atoms with Gasteiger partial charge in [-0.25, -0.2) is 0 Å². The normalized spacial score (nSPS) is 32.9. The Balaban J connectivity index is 1.99. The van der Waals surface area contributed by atoms with Crippen molar-refractivity contribution in [3.63, 3.8) is 0 Å². The highest BCUT2D eigenvalue weighted by atomic mass is 16.5. The highest BCUT2D eigenvalue weighted by Gasteiger charge is 2.41. The van der Waals surface area contributed by atoms with Crippen molar-refractivity contribution in [2.45, 2.75) is 43.7 Å². The van der Waals surface area contributed by atoms with E-state index >= 15 is 0 Å². The van der Waals surface area contributed by atoms with E-state index in [2.05, 4.69) is 4.90 Å². The van der Waals surface area contributed by atoms with Crippen LogP contribution in [0.5, 0.6) is 0 Å². The number of methoxy groups -OCH3 is 1. The standard InChI is InChI=1S/C11H19NO3/c1-15-11(7-10(13)14)5-2-6-12(8-11)9-3-4-9/h9H,2-8H2,1H3,(H,13,14). The molecule has 1 heterocycles. The molecule has 2 fully saturated rings. The summed E-state index contributed by atoms with van der Waals surface area (Å²) in [6, 6.07) is 0.702. The predicted molar refractivity (Wildman–Crippen MR) is 55.8 cm³/mol. The molecule has 0 aromatic carbocycles. The maximum Gasteiger partial charge on any atom is 0.306 e. The molecule has 15 heavy (non-hydrogen) atoms. The zero-order valence-electron chi connectivity index (χ0n) is 9.24. The van der Waals surface area contributed by atoms with Crippen molar-refractivity contribution in [2.24, 2.45) is 0 Å². The van der Waals surface area contributed by atoms with Crippen molar-refractivity contribution >= 4 is 5.97 Å². The Morgan fingerprint density at radius 2 is 2.33 bits per heavy atom. The fourth-order valence-electron chi connectivity index (χ4n) is 2.54. The number of likely N-dealkylation sites (tertiary alicyclic amines) is 1. The summed E-state index contributed by atoms with van der Waals surface area (Å²) < 4.78 is 5.48. The summed E-state index contributed by atoms with van der Waals surface area (Å²) in [5.41, 5.74) is -0.438. The molecular weight excluding hydrogens is 194 g/mol. The van der Waals surface area contributed by atoms with Crippen LogP contribution in [-0.2, 0) is 9.53 Å². The van der Waals surface area contributed by atoms with Crippen LogP contribution in [0.15, 0.2) is 0 Å². The minimum Gasteiger partial charge on any atom is -0.481 e. The molecule has 4 nitrogen and oxygen atoms in total. The summed E-state index contributed by atoms with van der Waals surface area (Å²) in [4.78, 5) is 13.2. The van der Waals surface area contributed by atoms with Crippen LogP contribution in [0.2, 0.25) is 0 Å². The van der Waals surface area contributed by atoms with Gasteiger partial charge < -0.3 is 9.84 Å². The van der Waals surface area contributed by atoms with Gasteiger partial charge in [-0.15, -0.1) is 0 Å². The molecule has 1 saturated carbocycles. The fourth-order valence-corrected chi connectivity index (χ4v) is 2.54. The largest absolute Gasteiger partial charge is 0.481 e. The number of hydrogen-bond donors (Lipinski definition) is 1. The Labute approximate surface area is 90.2 Å². The van der Waals surface area contributed by atoms with Gasteiger partial charge in [0.05, 0.1) is 12.0 Å². The first-order valence-corrected chi connectivity index (χ1v) is 5.66. The van der Waals surface area contributed by atoms with Gasteiger partial charge in [0, 0.05) is 19.7 Å². The van der Waals surface area contributed by atoms with Gasteiger partial charge >= 0.3 is 5.97 Å². The lowest BCUT2D eigenvalue weighted by atomic mass is 9.89. The molecule has 0 spiro atoms. The first-order chi connectivity index (χ1) is 7.15. The van der Waals surface area contributed by atoms with Crippen LogP contribution in [0.25, 0.3) is 0 Å². The van der Waals surface area contributed by atoms with Crippen LogP contribution in [-0.4, -0.2) is 47.8 Å². The summed E-state index contributed by atoms with van der Waals surface area (Å²) in [5.74, 6) is -0.755. The van der Waals surface area contributed by atoms with Crippen molar-refractivity contribution in [1.29, 1.82) is 0 Å². The van der Waals surface area contributed by atoms with Gasteiger partial charge in [0.2, 0.25) is 0 Å². The summed E-state index contributed by atoms with van der Waals surface area (Å²) >= 11 is 0. The SMILES string of the molecule is COC1(CC(=O)O)CCCN(C2CC2)C1. The van der Waals surface area contributed by atoms with Gasteiger partial charge in [0.1, 0.15) is 0 Å².